The van der Waals surface area contributed by atoms with Gasteiger partial charge in [0.1, 0.15) is 0 Å². The average Bonchev–Trinajstić information content (AvgIpc) is 2.77. The minimum absolute atomic E-state index is 0.315. The van der Waals surface area contributed by atoms with Crippen LogP contribution in [0.5, 0.6) is 0 Å². The van der Waals surface area contributed by atoms with Gasteiger partial charge >= 0.3 is 0 Å². The highest BCUT2D eigenvalue weighted by Gasteiger charge is 2.29. The van der Waals surface area contributed by atoms with Gasteiger partial charge in [-0.15, -0.1) is 0 Å². The molecule has 0 radical (unpaired) electrons. The van der Waals surface area contributed by atoms with E-state index in [1.54, 1.807) is 0 Å². The number of hydrogen-bond donors (Lipinski definition) is 1. The number of rotatable bonds is 3. The van der Waals surface area contributed by atoms with Crippen molar-refractivity contribution in [3.05, 3.63) is 18.0 Å². The van der Waals surface area contributed by atoms with Crippen molar-refractivity contribution in [3.63, 3.8) is 0 Å². The number of aromatic nitrogens is 2. The van der Waals surface area contributed by atoms with Crippen LogP contribution in [-0.2, 0) is 6.54 Å². The lowest BCUT2D eigenvalue weighted by Crippen LogP contribution is -2.55. The zero-order valence-electron chi connectivity index (χ0n) is 13.0. The van der Waals surface area contributed by atoms with Crippen LogP contribution >= 0.6 is 0 Å². The highest BCUT2D eigenvalue weighted by molar-refractivity contribution is 5.00. The quantitative estimate of drug-likeness (QED) is 0.909. The first-order valence-corrected chi connectivity index (χ1v) is 7.36. The highest BCUT2D eigenvalue weighted by atomic mass is 15.3. The van der Waals surface area contributed by atoms with E-state index in [1.165, 1.54) is 5.69 Å². The van der Waals surface area contributed by atoms with E-state index in [9.17, 15) is 0 Å². The molecular formula is C15H28N4. The molecule has 1 aliphatic heterocycles. The molecule has 0 amide bonds. The van der Waals surface area contributed by atoms with Gasteiger partial charge in [0.05, 0.1) is 5.69 Å². The molecule has 1 fully saturated rings. The maximum Gasteiger partial charge on any atom is 0.0764 e. The molecular weight excluding hydrogens is 236 g/mol. The van der Waals surface area contributed by atoms with Crippen LogP contribution in [0.3, 0.4) is 0 Å². The van der Waals surface area contributed by atoms with E-state index in [1.807, 2.05) is 4.68 Å². The van der Waals surface area contributed by atoms with Gasteiger partial charge in [-0.05, 0) is 25.3 Å². The predicted molar refractivity (Wildman–Crippen MR) is 79.1 cm³/mol. The van der Waals surface area contributed by atoms with Crippen molar-refractivity contribution in [2.45, 2.75) is 53.2 Å². The van der Waals surface area contributed by atoms with Gasteiger partial charge in [-0.3, -0.25) is 9.58 Å². The van der Waals surface area contributed by atoms with E-state index < -0.39 is 0 Å². The van der Waals surface area contributed by atoms with Crippen molar-refractivity contribution in [1.29, 1.82) is 0 Å². The van der Waals surface area contributed by atoms with E-state index in [0.29, 0.717) is 17.5 Å². The summed E-state index contributed by atoms with van der Waals surface area (Å²) >= 11 is 0. The summed E-state index contributed by atoms with van der Waals surface area (Å²) in [5, 5.41) is 8.28. The van der Waals surface area contributed by atoms with Gasteiger partial charge in [0, 0.05) is 44.5 Å². The summed E-state index contributed by atoms with van der Waals surface area (Å²) in [4.78, 5) is 2.51. The van der Waals surface area contributed by atoms with E-state index >= 15 is 0 Å². The first-order valence-electron chi connectivity index (χ1n) is 7.36. The Labute approximate surface area is 117 Å². The molecule has 1 atom stereocenters. The molecule has 1 aliphatic rings. The molecule has 4 nitrogen and oxygen atoms in total. The van der Waals surface area contributed by atoms with Gasteiger partial charge in [-0.1, -0.05) is 20.8 Å². The lowest BCUT2D eigenvalue weighted by Gasteiger charge is -2.40. The van der Waals surface area contributed by atoms with Crippen molar-refractivity contribution in [2.24, 2.45) is 5.41 Å². The fraction of sp³-hybridized carbons (Fsp3) is 0.800. The molecule has 1 aromatic rings. The van der Waals surface area contributed by atoms with Gasteiger partial charge in [-0.2, -0.15) is 5.10 Å². The average molecular weight is 264 g/mol. The second-order valence-corrected chi connectivity index (χ2v) is 6.99. The third-order valence-electron chi connectivity index (χ3n) is 3.88. The zero-order valence-corrected chi connectivity index (χ0v) is 13.0. The van der Waals surface area contributed by atoms with Crippen LogP contribution in [0.4, 0.5) is 0 Å². The van der Waals surface area contributed by atoms with E-state index in [2.05, 4.69) is 62.2 Å². The summed E-state index contributed by atoms with van der Waals surface area (Å²) in [5.74, 6) is 0. The lowest BCUT2D eigenvalue weighted by atomic mass is 9.85. The van der Waals surface area contributed by atoms with Gasteiger partial charge < -0.3 is 5.32 Å². The third-order valence-corrected chi connectivity index (χ3v) is 3.88. The minimum Gasteiger partial charge on any atom is -0.311 e. The summed E-state index contributed by atoms with van der Waals surface area (Å²) < 4.78 is 2.04. The predicted octanol–water partition coefficient (Wildman–Crippen LogP) is 2.28. The fourth-order valence-corrected chi connectivity index (χ4v) is 2.51. The number of hydrogen-bond acceptors (Lipinski definition) is 3. The van der Waals surface area contributed by atoms with Gasteiger partial charge in [0.25, 0.3) is 0 Å². The molecule has 1 N–H and O–H groups in total. The van der Waals surface area contributed by atoms with Crippen LogP contribution in [-0.4, -0.2) is 40.4 Å². The van der Waals surface area contributed by atoms with Gasteiger partial charge in [-0.25, -0.2) is 0 Å². The summed E-state index contributed by atoms with van der Waals surface area (Å²) in [6, 6.07) is 3.15. The normalized spacial score (nSPS) is 22.1. The van der Waals surface area contributed by atoms with Crippen LogP contribution in [0, 0.1) is 5.41 Å². The Morgan fingerprint density at radius 3 is 2.74 bits per heavy atom. The smallest absolute Gasteiger partial charge is 0.0764 e. The second-order valence-electron chi connectivity index (χ2n) is 6.99. The second kappa shape index (κ2) is 5.63. The van der Waals surface area contributed by atoms with Crippen molar-refractivity contribution >= 4 is 0 Å². The monoisotopic (exact) mass is 264 g/mol. The molecule has 19 heavy (non-hydrogen) atoms. The van der Waals surface area contributed by atoms with Crippen molar-refractivity contribution in [2.75, 3.05) is 19.6 Å². The van der Waals surface area contributed by atoms with Crippen LogP contribution in [0.1, 0.15) is 46.4 Å². The van der Waals surface area contributed by atoms with E-state index in [4.69, 9.17) is 0 Å². The standard InChI is InChI=1S/C15H28N4/c1-12(2)19-8-6-13(17-19)10-18-9-7-16-14(11-18)15(3,4)5/h6,8,12,14,16H,7,9-11H2,1-5H3. The first kappa shape index (κ1) is 14.5. The molecule has 1 unspecified atom stereocenters. The summed E-state index contributed by atoms with van der Waals surface area (Å²) in [6.45, 7) is 15.5. The Morgan fingerprint density at radius 2 is 2.16 bits per heavy atom. The molecule has 0 aromatic carbocycles. The number of nitrogens with zero attached hydrogens (tertiary/aromatic N) is 3. The largest absolute Gasteiger partial charge is 0.311 e. The first-order chi connectivity index (χ1) is 8.86. The maximum atomic E-state index is 4.65. The topological polar surface area (TPSA) is 33.1 Å². The summed E-state index contributed by atoms with van der Waals surface area (Å²) in [7, 11) is 0. The molecule has 0 aliphatic carbocycles. The van der Waals surface area contributed by atoms with Crippen LogP contribution in [0.15, 0.2) is 12.3 Å². The highest BCUT2D eigenvalue weighted by Crippen LogP contribution is 2.22. The molecule has 1 aromatic heterocycles. The van der Waals surface area contributed by atoms with E-state index in [0.717, 1.165) is 26.2 Å². The Bertz CT molecular complexity index is 403. The Hall–Kier alpha value is -0.870. The molecule has 0 bridgehead atoms. The third kappa shape index (κ3) is 3.80. The van der Waals surface area contributed by atoms with Gasteiger partial charge in [0.2, 0.25) is 0 Å². The molecule has 108 valence electrons. The molecule has 1 saturated heterocycles. The molecule has 0 saturated carbocycles. The lowest BCUT2D eigenvalue weighted by molar-refractivity contribution is 0.128. The summed E-state index contributed by atoms with van der Waals surface area (Å²) in [5.41, 5.74) is 1.50. The minimum atomic E-state index is 0.315. The number of nitrogens with one attached hydrogen (secondary N) is 1. The molecule has 0 spiro atoms. The Kier molecular flexibility index (Phi) is 4.31. The van der Waals surface area contributed by atoms with Crippen molar-refractivity contribution in [3.8, 4) is 0 Å². The van der Waals surface area contributed by atoms with Crippen LogP contribution in [0.25, 0.3) is 0 Å². The van der Waals surface area contributed by atoms with Crippen molar-refractivity contribution < 1.29 is 0 Å². The SMILES string of the molecule is CC(C)n1ccc(CN2CCNC(C(C)(C)C)C2)n1. The molecule has 4 heteroatoms. The van der Waals surface area contributed by atoms with Crippen molar-refractivity contribution in [1.82, 2.24) is 20.0 Å². The van der Waals surface area contributed by atoms with Gasteiger partial charge in [0.15, 0.2) is 0 Å². The number of piperazine rings is 1. The summed E-state index contributed by atoms with van der Waals surface area (Å²) in [6.07, 6.45) is 2.09. The zero-order chi connectivity index (χ0) is 14.0. The van der Waals surface area contributed by atoms with Crippen LogP contribution in [0.2, 0.25) is 0 Å². The van der Waals surface area contributed by atoms with E-state index in [-0.39, 0.29) is 0 Å². The Balaban J connectivity index is 1.95. The molecule has 2 rings (SSSR count). The fourth-order valence-electron chi connectivity index (χ4n) is 2.51. The molecule has 2 heterocycles. The van der Waals surface area contributed by atoms with Crippen LogP contribution < -0.4 is 5.32 Å². The Morgan fingerprint density at radius 1 is 1.42 bits per heavy atom. The maximum absolute atomic E-state index is 4.65.